The van der Waals surface area contributed by atoms with E-state index < -0.39 is 5.97 Å². The number of esters is 1. The number of hydrogen-bond acceptors (Lipinski definition) is 3. The summed E-state index contributed by atoms with van der Waals surface area (Å²) in [6.07, 6.45) is 1.76. The highest BCUT2D eigenvalue weighted by Crippen LogP contribution is 2.27. The Kier molecular flexibility index (Phi) is 4.81. The van der Waals surface area contributed by atoms with Crippen molar-refractivity contribution in [1.82, 2.24) is 9.47 Å². The van der Waals surface area contributed by atoms with Gasteiger partial charge in [-0.3, -0.25) is 4.79 Å². The Hall–Kier alpha value is -3.60. The number of hydrogen-bond donors (Lipinski definition) is 0. The lowest BCUT2D eigenvalue weighted by molar-refractivity contribution is 0.0657. The summed E-state index contributed by atoms with van der Waals surface area (Å²) in [5, 5.41) is 0. The largest absolute Gasteiger partial charge is 0.422 e. The molecule has 0 bridgehead atoms. The van der Waals surface area contributed by atoms with E-state index in [4.69, 9.17) is 4.74 Å². The summed E-state index contributed by atoms with van der Waals surface area (Å²) in [4.78, 5) is 27.5. The van der Waals surface area contributed by atoms with Crippen LogP contribution in [0.3, 0.4) is 0 Å². The predicted octanol–water partition coefficient (Wildman–Crippen LogP) is 4.09. The Labute approximate surface area is 163 Å². The van der Waals surface area contributed by atoms with Crippen LogP contribution in [0.1, 0.15) is 32.6 Å². The van der Waals surface area contributed by atoms with E-state index in [1.54, 1.807) is 51.9 Å². The molecule has 0 saturated carbocycles. The van der Waals surface area contributed by atoms with Gasteiger partial charge in [-0.05, 0) is 29.8 Å². The van der Waals surface area contributed by atoms with Crippen LogP contribution in [0, 0.1) is 0 Å². The van der Waals surface area contributed by atoms with Crippen molar-refractivity contribution in [2.45, 2.75) is 12.6 Å². The molecule has 3 aromatic rings. The van der Waals surface area contributed by atoms with Gasteiger partial charge in [0.15, 0.2) is 0 Å². The maximum Gasteiger partial charge on any atom is 0.360 e. The smallest absolute Gasteiger partial charge is 0.360 e. The molecule has 0 spiro atoms. The Morgan fingerprint density at radius 2 is 1.71 bits per heavy atom. The summed E-state index contributed by atoms with van der Waals surface area (Å²) in [6, 6.07) is 21.8. The average molecular weight is 372 g/mol. The molecule has 5 heteroatoms. The highest BCUT2D eigenvalue weighted by molar-refractivity contribution is 5.97. The van der Waals surface area contributed by atoms with E-state index in [9.17, 15) is 9.59 Å². The summed E-state index contributed by atoms with van der Waals surface area (Å²) in [5.41, 5.74) is 1.87. The highest BCUT2D eigenvalue weighted by Gasteiger charge is 2.33. The normalized spacial score (nSPS) is 15.8. The molecule has 2 aromatic carbocycles. The Bertz CT molecular complexity index is 1010. The van der Waals surface area contributed by atoms with Crippen LogP contribution < -0.4 is 4.74 Å². The van der Waals surface area contributed by atoms with E-state index in [0.717, 1.165) is 5.56 Å². The number of aromatic nitrogens is 1. The molecule has 0 N–H and O–H groups in total. The molecule has 28 heavy (non-hydrogen) atoms. The van der Waals surface area contributed by atoms with Gasteiger partial charge in [0.1, 0.15) is 17.1 Å². The first-order valence-electron chi connectivity index (χ1n) is 9.11. The maximum atomic E-state index is 13.0. The summed E-state index contributed by atoms with van der Waals surface area (Å²) in [5.74, 6) is -0.139. The van der Waals surface area contributed by atoms with Gasteiger partial charge in [0.2, 0.25) is 0 Å². The number of carbonyl (C=O) groups is 2. The second-order valence-electron chi connectivity index (χ2n) is 6.65. The van der Waals surface area contributed by atoms with Gasteiger partial charge in [0, 0.05) is 13.1 Å². The molecule has 0 aliphatic carbocycles. The first-order chi connectivity index (χ1) is 13.7. The SMILES string of the molecule is C=C[C@@H]1CN(Cc2ccccc2)C(=O)c2ccc(C(=O)Oc3ccccc3)n21. The van der Waals surface area contributed by atoms with Crippen LogP contribution in [-0.2, 0) is 6.54 Å². The molecular weight excluding hydrogens is 352 g/mol. The number of para-hydroxylation sites is 1. The molecule has 0 radical (unpaired) electrons. The van der Waals surface area contributed by atoms with Crippen LogP contribution in [0.2, 0.25) is 0 Å². The highest BCUT2D eigenvalue weighted by atomic mass is 16.5. The van der Waals surface area contributed by atoms with E-state index in [-0.39, 0.29) is 11.9 Å². The number of nitrogens with zero attached hydrogens (tertiary/aromatic N) is 2. The molecule has 1 atom stereocenters. The molecule has 1 amide bonds. The zero-order valence-corrected chi connectivity index (χ0v) is 15.3. The second-order valence-corrected chi connectivity index (χ2v) is 6.65. The Balaban J connectivity index is 1.62. The topological polar surface area (TPSA) is 51.5 Å². The van der Waals surface area contributed by atoms with Crippen molar-refractivity contribution in [2.24, 2.45) is 0 Å². The number of benzene rings is 2. The van der Waals surface area contributed by atoms with Gasteiger partial charge < -0.3 is 14.2 Å². The molecule has 4 rings (SSSR count). The third-order valence-electron chi connectivity index (χ3n) is 4.81. The van der Waals surface area contributed by atoms with Crippen LogP contribution in [-0.4, -0.2) is 27.9 Å². The molecule has 0 saturated heterocycles. The number of fused-ring (bicyclic) bond motifs is 1. The molecular formula is C23H20N2O3. The number of rotatable bonds is 5. The average Bonchev–Trinajstić information content (AvgIpc) is 3.17. The minimum Gasteiger partial charge on any atom is -0.422 e. The molecule has 0 fully saturated rings. The van der Waals surface area contributed by atoms with Crippen molar-refractivity contribution >= 4 is 11.9 Å². The fourth-order valence-electron chi connectivity index (χ4n) is 3.47. The van der Waals surface area contributed by atoms with E-state index >= 15 is 0 Å². The van der Waals surface area contributed by atoms with E-state index in [0.29, 0.717) is 30.2 Å². The predicted molar refractivity (Wildman–Crippen MR) is 106 cm³/mol. The van der Waals surface area contributed by atoms with Crippen molar-refractivity contribution in [3.63, 3.8) is 0 Å². The minimum absolute atomic E-state index is 0.110. The van der Waals surface area contributed by atoms with Crippen LogP contribution >= 0.6 is 0 Å². The summed E-state index contributed by atoms with van der Waals surface area (Å²) >= 11 is 0. The quantitative estimate of drug-likeness (QED) is 0.385. The molecule has 2 heterocycles. The van der Waals surface area contributed by atoms with Gasteiger partial charge in [-0.25, -0.2) is 4.79 Å². The number of carbonyl (C=O) groups excluding carboxylic acids is 2. The third kappa shape index (κ3) is 3.34. The third-order valence-corrected chi connectivity index (χ3v) is 4.81. The molecule has 140 valence electrons. The molecule has 1 aromatic heterocycles. The van der Waals surface area contributed by atoms with Gasteiger partial charge in [0.25, 0.3) is 5.91 Å². The zero-order chi connectivity index (χ0) is 19.5. The summed E-state index contributed by atoms with van der Waals surface area (Å²) in [7, 11) is 0. The first-order valence-corrected chi connectivity index (χ1v) is 9.11. The monoisotopic (exact) mass is 372 g/mol. The van der Waals surface area contributed by atoms with Crippen molar-refractivity contribution in [3.8, 4) is 5.75 Å². The molecule has 5 nitrogen and oxygen atoms in total. The Morgan fingerprint density at radius 3 is 2.39 bits per heavy atom. The molecule has 1 aliphatic heterocycles. The maximum absolute atomic E-state index is 13.0. The lowest BCUT2D eigenvalue weighted by atomic mass is 10.1. The lowest BCUT2D eigenvalue weighted by Gasteiger charge is -2.34. The second kappa shape index (κ2) is 7.56. The fraction of sp³-hybridized carbons (Fsp3) is 0.130. The van der Waals surface area contributed by atoms with Crippen molar-refractivity contribution in [3.05, 3.63) is 102 Å². The Morgan fingerprint density at radius 1 is 1.04 bits per heavy atom. The van der Waals surface area contributed by atoms with Crippen molar-refractivity contribution in [1.29, 1.82) is 0 Å². The fourth-order valence-corrected chi connectivity index (χ4v) is 3.47. The zero-order valence-electron chi connectivity index (χ0n) is 15.3. The number of amides is 1. The van der Waals surface area contributed by atoms with Gasteiger partial charge in [-0.15, -0.1) is 6.58 Å². The van der Waals surface area contributed by atoms with Crippen LogP contribution in [0.4, 0.5) is 0 Å². The van der Waals surface area contributed by atoms with Gasteiger partial charge in [-0.1, -0.05) is 54.6 Å². The van der Waals surface area contributed by atoms with Crippen molar-refractivity contribution in [2.75, 3.05) is 6.54 Å². The van der Waals surface area contributed by atoms with Gasteiger partial charge >= 0.3 is 5.97 Å². The van der Waals surface area contributed by atoms with E-state index in [1.807, 2.05) is 36.4 Å². The van der Waals surface area contributed by atoms with Crippen LogP contribution in [0.15, 0.2) is 85.5 Å². The molecule has 1 aliphatic rings. The van der Waals surface area contributed by atoms with Crippen LogP contribution in [0.5, 0.6) is 5.75 Å². The standard InChI is InChI=1S/C23H20N2O3/c1-2-18-16-24(15-17-9-5-3-6-10-17)22(26)20-13-14-21(25(18)20)23(27)28-19-11-7-4-8-12-19/h2-14,18H,1,15-16H2/t18-/m1/s1. The molecule has 0 unspecified atom stereocenters. The van der Waals surface area contributed by atoms with E-state index in [1.165, 1.54) is 0 Å². The summed E-state index contributed by atoms with van der Waals surface area (Å²) < 4.78 is 7.18. The van der Waals surface area contributed by atoms with Crippen LogP contribution in [0.25, 0.3) is 0 Å². The van der Waals surface area contributed by atoms with Gasteiger partial charge in [0.05, 0.1) is 6.04 Å². The first kappa shape index (κ1) is 17.8. The van der Waals surface area contributed by atoms with E-state index in [2.05, 4.69) is 6.58 Å². The summed E-state index contributed by atoms with van der Waals surface area (Å²) in [6.45, 7) is 4.86. The van der Waals surface area contributed by atoms with Crippen molar-refractivity contribution < 1.29 is 14.3 Å². The lowest BCUT2D eigenvalue weighted by Crippen LogP contribution is -2.42. The van der Waals surface area contributed by atoms with Gasteiger partial charge in [-0.2, -0.15) is 0 Å². The minimum atomic E-state index is -0.492. The number of ether oxygens (including phenoxy) is 1.